The Labute approximate surface area is 155 Å². The molecule has 2 aromatic rings. The maximum Gasteiger partial charge on any atom is 0.356 e. The summed E-state index contributed by atoms with van der Waals surface area (Å²) < 4.78 is 30.3. The molecule has 0 bridgehead atoms. The summed E-state index contributed by atoms with van der Waals surface area (Å²) in [7, 11) is -3.38. The minimum Gasteiger partial charge on any atom is -0.362 e. The zero-order valence-electron chi connectivity index (χ0n) is 15.7. The Kier molecular flexibility index (Phi) is 7.25. The molecule has 0 radical (unpaired) electrons. The van der Waals surface area contributed by atoms with Crippen LogP contribution in [-0.2, 0) is 31.5 Å². The highest BCUT2D eigenvalue weighted by molar-refractivity contribution is 7.53. The number of aromatic amines is 2. The van der Waals surface area contributed by atoms with Gasteiger partial charge in [0.15, 0.2) is 0 Å². The van der Waals surface area contributed by atoms with Gasteiger partial charge in [0.2, 0.25) is 0 Å². The number of aromatic nitrogens is 5. The van der Waals surface area contributed by atoms with Gasteiger partial charge >= 0.3 is 13.3 Å². The first-order valence-corrected chi connectivity index (χ1v) is 10.1. The molecule has 2 N–H and O–H groups in total. The molecule has 2 rings (SSSR count). The molecular formula is C15H24N5O6P. The van der Waals surface area contributed by atoms with Crippen molar-refractivity contribution in [2.45, 2.75) is 53.1 Å². The third-order valence-electron chi connectivity index (χ3n) is 2.98. The van der Waals surface area contributed by atoms with Crippen molar-refractivity contribution in [2.75, 3.05) is 6.35 Å². The lowest BCUT2D eigenvalue weighted by molar-refractivity contribution is 0.0920. The lowest BCUT2D eigenvalue weighted by atomic mass is 10.4. The van der Waals surface area contributed by atoms with Crippen LogP contribution in [0.5, 0.6) is 0 Å². The molecule has 0 aromatic carbocycles. The Morgan fingerprint density at radius 3 is 2.41 bits per heavy atom. The second kappa shape index (κ2) is 9.23. The molecule has 0 saturated heterocycles. The smallest absolute Gasteiger partial charge is 0.356 e. The largest absolute Gasteiger partial charge is 0.362 e. The van der Waals surface area contributed by atoms with Crippen molar-refractivity contribution in [1.29, 1.82) is 0 Å². The summed E-state index contributed by atoms with van der Waals surface area (Å²) in [6.45, 7) is 7.28. The molecule has 2 aromatic heterocycles. The normalized spacial score (nSPS) is 12.2. The molecule has 0 aliphatic rings. The molecule has 2 heterocycles. The lowest BCUT2D eigenvalue weighted by Gasteiger charge is -2.22. The van der Waals surface area contributed by atoms with Gasteiger partial charge < -0.3 is 18.8 Å². The third-order valence-corrected chi connectivity index (χ3v) is 4.96. The average molecular weight is 401 g/mol. The summed E-state index contributed by atoms with van der Waals surface area (Å²) in [4.78, 5) is 27.2. The van der Waals surface area contributed by atoms with Gasteiger partial charge in [0.25, 0.3) is 5.56 Å². The Hall–Kier alpha value is -2.07. The molecule has 0 unspecified atom stereocenters. The van der Waals surface area contributed by atoms with Crippen molar-refractivity contribution < 1.29 is 18.3 Å². The van der Waals surface area contributed by atoms with Crippen LogP contribution in [0.25, 0.3) is 0 Å². The monoisotopic (exact) mass is 401 g/mol. The topological polar surface area (TPSA) is 141 Å². The number of H-pyrrole nitrogens is 2. The fraction of sp³-hybridized carbons (Fsp3) is 0.600. The number of nitrogens with zero attached hydrogens (tertiary/aromatic N) is 3. The standard InChI is InChI=1S/C15H24N5O6P/c1-10(2)25-27(23,26-11(3)4)9-24-8-13-7-20(19-18-13)6-12-5-14(21)17-15(22)16-12/h5,7,10-11H,6,8-9H2,1-4H3,(H2,16,17,21,22). The summed E-state index contributed by atoms with van der Waals surface area (Å²) in [6, 6.07) is 1.27. The van der Waals surface area contributed by atoms with E-state index in [4.69, 9.17) is 13.8 Å². The highest BCUT2D eigenvalue weighted by atomic mass is 31.2. The molecule has 0 aliphatic carbocycles. The van der Waals surface area contributed by atoms with Gasteiger partial charge in [-0.3, -0.25) is 14.3 Å². The third kappa shape index (κ3) is 7.22. The van der Waals surface area contributed by atoms with Gasteiger partial charge in [-0.2, -0.15) is 0 Å². The minimum absolute atomic E-state index is 0.0544. The molecule has 0 atom stereocenters. The molecule has 0 spiro atoms. The zero-order chi connectivity index (χ0) is 20.0. The van der Waals surface area contributed by atoms with E-state index in [2.05, 4.69) is 20.3 Å². The van der Waals surface area contributed by atoms with E-state index in [1.54, 1.807) is 33.9 Å². The Morgan fingerprint density at radius 2 is 1.81 bits per heavy atom. The molecule has 12 heteroatoms. The van der Waals surface area contributed by atoms with Gasteiger partial charge in [0.05, 0.1) is 31.6 Å². The SMILES string of the molecule is CC(C)OP(=O)(COCc1cn(Cc2cc(=O)[nH]c(=O)[nH]2)nn1)OC(C)C. The van der Waals surface area contributed by atoms with Crippen LogP contribution in [-0.4, -0.2) is 43.5 Å². The van der Waals surface area contributed by atoms with Crippen molar-refractivity contribution in [3.8, 4) is 0 Å². The van der Waals surface area contributed by atoms with E-state index in [0.29, 0.717) is 11.4 Å². The Morgan fingerprint density at radius 1 is 1.15 bits per heavy atom. The van der Waals surface area contributed by atoms with Crippen LogP contribution in [0.4, 0.5) is 0 Å². The van der Waals surface area contributed by atoms with E-state index in [0.717, 1.165) is 0 Å². The Bertz CT molecular complexity index is 860. The fourth-order valence-electron chi connectivity index (χ4n) is 2.25. The molecule has 0 aliphatic heterocycles. The number of nitrogens with one attached hydrogen (secondary N) is 2. The molecule has 150 valence electrons. The van der Waals surface area contributed by atoms with Gasteiger partial charge in [-0.05, 0) is 27.7 Å². The van der Waals surface area contributed by atoms with Crippen molar-refractivity contribution >= 4 is 7.60 Å². The van der Waals surface area contributed by atoms with Gasteiger partial charge in [-0.25, -0.2) is 9.48 Å². The van der Waals surface area contributed by atoms with E-state index in [9.17, 15) is 14.2 Å². The van der Waals surface area contributed by atoms with Crippen LogP contribution in [0.3, 0.4) is 0 Å². The van der Waals surface area contributed by atoms with E-state index in [-0.39, 0.29) is 31.7 Å². The van der Waals surface area contributed by atoms with E-state index < -0.39 is 18.8 Å². The summed E-state index contributed by atoms with van der Waals surface area (Å²) in [5.74, 6) is 0. The first-order valence-electron chi connectivity index (χ1n) is 8.40. The summed E-state index contributed by atoms with van der Waals surface area (Å²) in [6.07, 6.45) is 0.847. The zero-order valence-corrected chi connectivity index (χ0v) is 16.6. The fourth-order valence-corrected chi connectivity index (χ4v) is 4.02. The van der Waals surface area contributed by atoms with Crippen LogP contribution < -0.4 is 11.2 Å². The van der Waals surface area contributed by atoms with E-state index in [1.165, 1.54) is 10.7 Å². The molecule has 0 amide bonds. The Balaban J connectivity index is 1.94. The van der Waals surface area contributed by atoms with Gasteiger partial charge in [-0.1, -0.05) is 5.21 Å². The van der Waals surface area contributed by atoms with Crippen molar-refractivity contribution in [2.24, 2.45) is 0 Å². The van der Waals surface area contributed by atoms with Gasteiger partial charge in [0.1, 0.15) is 12.0 Å². The molecule has 11 nitrogen and oxygen atoms in total. The maximum atomic E-state index is 12.7. The van der Waals surface area contributed by atoms with Crippen LogP contribution in [0.15, 0.2) is 21.9 Å². The molecular weight excluding hydrogens is 377 g/mol. The highest BCUT2D eigenvalue weighted by Gasteiger charge is 2.28. The van der Waals surface area contributed by atoms with E-state index >= 15 is 0 Å². The predicted molar refractivity (Wildman–Crippen MR) is 96.5 cm³/mol. The number of rotatable bonds is 10. The van der Waals surface area contributed by atoms with Crippen molar-refractivity contribution in [3.63, 3.8) is 0 Å². The quantitative estimate of drug-likeness (QED) is 0.566. The summed E-state index contributed by atoms with van der Waals surface area (Å²) in [5, 5.41) is 7.84. The number of hydrogen-bond donors (Lipinski definition) is 2. The first kappa shape index (κ1) is 21.2. The van der Waals surface area contributed by atoms with Gasteiger partial charge in [0, 0.05) is 11.8 Å². The first-order chi connectivity index (χ1) is 12.6. The van der Waals surface area contributed by atoms with Crippen LogP contribution >= 0.6 is 7.60 Å². The van der Waals surface area contributed by atoms with Crippen molar-refractivity contribution in [3.05, 3.63) is 44.5 Å². The summed E-state index contributed by atoms with van der Waals surface area (Å²) in [5.41, 5.74) is -0.208. The average Bonchev–Trinajstić information content (AvgIpc) is 2.91. The van der Waals surface area contributed by atoms with E-state index in [1.807, 2.05) is 0 Å². The van der Waals surface area contributed by atoms with Crippen LogP contribution in [0.2, 0.25) is 0 Å². The van der Waals surface area contributed by atoms with Crippen LogP contribution in [0, 0.1) is 0 Å². The van der Waals surface area contributed by atoms with Crippen molar-refractivity contribution in [1.82, 2.24) is 25.0 Å². The summed E-state index contributed by atoms with van der Waals surface area (Å²) >= 11 is 0. The second-order valence-corrected chi connectivity index (χ2v) is 8.32. The molecule has 27 heavy (non-hydrogen) atoms. The maximum absolute atomic E-state index is 12.7. The molecule has 0 fully saturated rings. The van der Waals surface area contributed by atoms with Crippen LogP contribution in [0.1, 0.15) is 39.1 Å². The number of ether oxygens (including phenoxy) is 1. The highest BCUT2D eigenvalue weighted by Crippen LogP contribution is 2.50. The number of hydrogen-bond acceptors (Lipinski definition) is 8. The minimum atomic E-state index is -3.38. The predicted octanol–water partition coefficient (Wildman–Crippen LogP) is 1.22. The second-order valence-electron chi connectivity index (χ2n) is 6.42. The lowest BCUT2D eigenvalue weighted by Crippen LogP contribution is -2.23. The van der Waals surface area contributed by atoms with Gasteiger partial charge in [-0.15, -0.1) is 5.10 Å². The molecule has 0 saturated carbocycles.